The van der Waals surface area contributed by atoms with E-state index in [-0.39, 0.29) is 6.03 Å². The number of anilines is 1. The monoisotopic (exact) mass is 327 g/mol. The number of carbonyl (C=O) groups excluding carboxylic acids is 1. The molecule has 118 valence electrons. The van der Waals surface area contributed by atoms with Crippen LogP contribution >= 0.6 is 11.5 Å². The predicted octanol–water partition coefficient (Wildman–Crippen LogP) is 3.01. The molecule has 0 unspecified atom stereocenters. The summed E-state index contributed by atoms with van der Waals surface area (Å²) < 4.78 is 6.28. The Hall–Kier alpha value is -2.41. The molecule has 4 rings (SSSR count). The van der Waals surface area contributed by atoms with Crippen molar-refractivity contribution in [1.29, 1.82) is 0 Å². The maximum atomic E-state index is 12.6. The van der Waals surface area contributed by atoms with Crippen LogP contribution in [-0.4, -0.2) is 31.6 Å². The molecule has 0 saturated heterocycles. The van der Waals surface area contributed by atoms with Gasteiger partial charge in [0.05, 0.1) is 18.3 Å². The third-order valence-electron chi connectivity index (χ3n) is 4.24. The number of rotatable bonds is 1. The fourth-order valence-electron chi connectivity index (χ4n) is 3.01. The van der Waals surface area contributed by atoms with E-state index in [1.165, 1.54) is 17.2 Å². The highest BCUT2D eigenvalue weighted by atomic mass is 32.1. The lowest BCUT2D eigenvalue weighted by molar-refractivity contribution is 0.210. The normalized spacial score (nSPS) is 14.6. The van der Waals surface area contributed by atoms with E-state index in [9.17, 15) is 4.79 Å². The number of carbonyl (C=O) groups is 1. The maximum absolute atomic E-state index is 12.6. The first-order chi connectivity index (χ1) is 11.2. The zero-order valence-electron chi connectivity index (χ0n) is 12.8. The van der Waals surface area contributed by atoms with Gasteiger partial charge in [0, 0.05) is 30.2 Å². The van der Waals surface area contributed by atoms with Gasteiger partial charge in [-0.15, -0.1) is 0 Å². The number of amides is 2. The Morgan fingerprint density at radius 2 is 2.22 bits per heavy atom. The van der Waals surface area contributed by atoms with E-state index in [0.717, 1.165) is 40.9 Å². The van der Waals surface area contributed by atoms with Crippen LogP contribution in [0, 0.1) is 0 Å². The SMILES string of the molecule is Cn1ncc2c1CCCN(C(=O)Nc1snc3ccccc13)C2. The Morgan fingerprint density at radius 1 is 1.35 bits per heavy atom. The van der Waals surface area contributed by atoms with Crippen molar-refractivity contribution in [3.05, 3.63) is 41.7 Å². The predicted molar refractivity (Wildman–Crippen MR) is 90.6 cm³/mol. The van der Waals surface area contributed by atoms with Gasteiger partial charge in [-0.05, 0) is 36.5 Å². The minimum absolute atomic E-state index is 0.0730. The molecule has 6 nitrogen and oxygen atoms in total. The summed E-state index contributed by atoms with van der Waals surface area (Å²) in [4.78, 5) is 14.5. The average Bonchev–Trinajstić information content (AvgIpc) is 3.03. The van der Waals surface area contributed by atoms with Crippen LogP contribution in [0.25, 0.3) is 10.9 Å². The standard InChI is InChI=1S/C16H17N5OS/c1-20-14-7-4-8-21(10-11(14)9-17-20)16(22)18-15-12-5-2-3-6-13(12)19-23-15/h2-3,5-6,9H,4,7-8,10H2,1H3,(H,18,22). The Balaban J connectivity index is 1.55. The van der Waals surface area contributed by atoms with E-state index < -0.39 is 0 Å². The fraction of sp³-hybridized carbons (Fsp3) is 0.312. The molecule has 23 heavy (non-hydrogen) atoms. The van der Waals surface area contributed by atoms with Crippen LogP contribution in [0.2, 0.25) is 0 Å². The summed E-state index contributed by atoms with van der Waals surface area (Å²) in [5.41, 5.74) is 3.27. The molecule has 0 atom stereocenters. The largest absolute Gasteiger partial charge is 0.322 e. The Bertz CT molecular complexity index is 868. The summed E-state index contributed by atoms with van der Waals surface area (Å²) in [5.74, 6) is 0. The van der Waals surface area contributed by atoms with Crippen LogP contribution in [0.3, 0.4) is 0 Å². The van der Waals surface area contributed by atoms with Crippen molar-refractivity contribution in [1.82, 2.24) is 19.1 Å². The van der Waals surface area contributed by atoms with Crippen molar-refractivity contribution in [2.24, 2.45) is 7.05 Å². The summed E-state index contributed by atoms with van der Waals surface area (Å²) in [6.45, 7) is 1.35. The zero-order chi connectivity index (χ0) is 15.8. The number of hydrogen-bond acceptors (Lipinski definition) is 4. The van der Waals surface area contributed by atoms with E-state index >= 15 is 0 Å². The summed E-state index contributed by atoms with van der Waals surface area (Å²) in [6, 6.07) is 7.77. The van der Waals surface area contributed by atoms with E-state index in [2.05, 4.69) is 14.8 Å². The van der Waals surface area contributed by atoms with Gasteiger partial charge in [0.25, 0.3) is 0 Å². The summed E-state index contributed by atoms with van der Waals surface area (Å²) >= 11 is 1.33. The van der Waals surface area contributed by atoms with Crippen LogP contribution in [0.1, 0.15) is 17.7 Å². The topological polar surface area (TPSA) is 63.1 Å². The molecule has 2 amide bonds. The van der Waals surface area contributed by atoms with Crippen molar-refractivity contribution in [3.8, 4) is 0 Å². The minimum Gasteiger partial charge on any atom is -0.320 e. The molecule has 2 aromatic heterocycles. The number of urea groups is 1. The molecule has 1 N–H and O–H groups in total. The molecule has 0 radical (unpaired) electrons. The van der Waals surface area contributed by atoms with Gasteiger partial charge in [-0.3, -0.25) is 10.00 Å². The molecule has 0 bridgehead atoms. The highest BCUT2D eigenvalue weighted by Gasteiger charge is 2.22. The van der Waals surface area contributed by atoms with E-state index in [4.69, 9.17) is 0 Å². The van der Waals surface area contributed by atoms with E-state index in [1.54, 1.807) is 0 Å². The molecular formula is C16H17N5OS. The lowest BCUT2D eigenvalue weighted by atomic mass is 10.2. The molecule has 0 saturated carbocycles. The molecule has 3 aromatic rings. The molecule has 0 aliphatic carbocycles. The molecule has 0 spiro atoms. The third-order valence-corrected chi connectivity index (χ3v) is 5.04. The second kappa shape index (κ2) is 5.66. The van der Waals surface area contributed by atoms with Gasteiger partial charge in [-0.2, -0.15) is 9.47 Å². The molecule has 0 fully saturated rings. The van der Waals surface area contributed by atoms with Gasteiger partial charge in [-0.25, -0.2) is 4.79 Å². The number of nitrogens with zero attached hydrogens (tertiary/aromatic N) is 4. The number of benzene rings is 1. The summed E-state index contributed by atoms with van der Waals surface area (Å²) in [7, 11) is 1.96. The van der Waals surface area contributed by atoms with Crippen molar-refractivity contribution in [2.75, 3.05) is 11.9 Å². The molecule has 7 heteroatoms. The second-order valence-corrected chi connectivity index (χ2v) is 6.50. The van der Waals surface area contributed by atoms with Crippen LogP contribution in [0.5, 0.6) is 0 Å². The average molecular weight is 327 g/mol. The maximum Gasteiger partial charge on any atom is 0.322 e. The number of nitrogens with one attached hydrogen (secondary N) is 1. The number of aromatic nitrogens is 3. The number of aryl methyl sites for hydroxylation is 1. The van der Waals surface area contributed by atoms with Crippen LogP contribution in [0.4, 0.5) is 9.80 Å². The van der Waals surface area contributed by atoms with Gasteiger partial charge < -0.3 is 4.90 Å². The van der Waals surface area contributed by atoms with Gasteiger partial charge in [-0.1, -0.05) is 12.1 Å². The molecule has 1 aliphatic rings. The highest BCUT2D eigenvalue weighted by molar-refractivity contribution is 7.12. The zero-order valence-corrected chi connectivity index (χ0v) is 13.6. The van der Waals surface area contributed by atoms with Gasteiger partial charge >= 0.3 is 6.03 Å². The first-order valence-electron chi connectivity index (χ1n) is 7.62. The van der Waals surface area contributed by atoms with Crippen molar-refractivity contribution >= 4 is 33.5 Å². The van der Waals surface area contributed by atoms with Crippen molar-refractivity contribution in [3.63, 3.8) is 0 Å². The fourth-order valence-corrected chi connectivity index (χ4v) is 3.77. The highest BCUT2D eigenvalue weighted by Crippen LogP contribution is 2.28. The lowest BCUT2D eigenvalue weighted by Gasteiger charge is -2.20. The van der Waals surface area contributed by atoms with E-state index in [1.807, 2.05) is 47.1 Å². The van der Waals surface area contributed by atoms with E-state index in [0.29, 0.717) is 6.54 Å². The smallest absolute Gasteiger partial charge is 0.320 e. The lowest BCUT2D eigenvalue weighted by Crippen LogP contribution is -2.34. The minimum atomic E-state index is -0.0730. The number of hydrogen-bond donors (Lipinski definition) is 1. The Kier molecular flexibility index (Phi) is 3.49. The molecule has 1 aromatic carbocycles. The Morgan fingerprint density at radius 3 is 3.13 bits per heavy atom. The number of fused-ring (bicyclic) bond motifs is 2. The summed E-state index contributed by atoms with van der Waals surface area (Å²) in [6.07, 6.45) is 3.77. The van der Waals surface area contributed by atoms with Crippen LogP contribution < -0.4 is 5.32 Å². The van der Waals surface area contributed by atoms with Crippen LogP contribution in [0.15, 0.2) is 30.5 Å². The van der Waals surface area contributed by atoms with Gasteiger partial charge in [0.15, 0.2) is 0 Å². The van der Waals surface area contributed by atoms with Crippen molar-refractivity contribution in [2.45, 2.75) is 19.4 Å². The summed E-state index contributed by atoms with van der Waals surface area (Å²) in [5, 5.41) is 9.11. The van der Waals surface area contributed by atoms with Gasteiger partial charge in [0.1, 0.15) is 5.00 Å². The van der Waals surface area contributed by atoms with Gasteiger partial charge in [0.2, 0.25) is 0 Å². The van der Waals surface area contributed by atoms with Crippen molar-refractivity contribution < 1.29 is 4.79 Å². The second-order valence-electron chi connectivity index (χ2n) is 5.72. The molecular weight excluding hydrogens is 310 g/mol. The Labute approximate surface area is 137 Å². The molecule has 3 heterocycles. The first kappa shape index (κ1) is 14.2. The first-order valence-corrected chi connectivity index (χ1v) is 8.40. The molecule has 1 aliphatic heterocycles. The quantitative estimate of drug-likeness (QED) is 0.747. The van der Waals surface area contributed by atoms with Crippen LogP contribution in [-0.2, 0) is 20.0 Å². The third kappa shape index (κ3) is 2.57.